The molecule has 0 unspecified atom stereocenters. The molecule has 1 aliphatic rings. The lowest BCUT2D eigenvalue weighted by Crippen LogP contribution is -2.56. The molecule has 2 aromatic carbocycles. The third-order valence-corrected chi connectivity index (χ3v) is 6.04. The number of benzene rings is 2. The first-order chi connectivity index (χ1) is 19.5. The molecule has 2 atom stereocenters. The lowest BCUT2D eigenvalue weighted by Gasteiger charge is -2.24. The minimum absolute atomic E-state index is 0.00884. The van der Waals surface area contributed by atoms with Gasteiger partial charge in [-0.3, -0.25) is 29.4 Å². The van der Waals surface area contributed by atoms with Gasteiger partial charge in [-0.2, -0.15) is 0 Å². The van der Waals surface area contributed by atoms with Gasteiger partial charge >= 0.3 is 6.09 Å². The summed E-state index contributed by atoms with van der Waals surface area (Å²) in [7, 11) is 0. The summed E-state index contributed by atoms with van der Waals surface area (Å²) in [6, 6.07) is 14.1. The van der Waals surface area contributed by atoms with Crippen molar-refractivity contribution in [2.45, 2.75) is 39.0 Å². The highest BCUT2D eigenvalue weighted by atomic mass is 16.5. The number of nitrogens with one attached hydrogen (secondary N) is 3. The molecule has 0 aliphatic carbocycles. The first-order valence-electron chi connectivity index (χ1n) is 12.8. The first kappa shape index (κ1) is 30.3. The lowest BCUT2D eigenvalue weighted by atomic mass is 10.2. The van der Waals surface area contributed by atoms with E-state index < -0.39 is 54.3 Å². The van der Waals surface area contributed by atoms with Crippen LogP contribution in [0.2, 0.25) is 0 Å². The van der Waals surface area contributed by atoms with Crippen LogP contribution in [0.3, 0.4) is 0 Å². The largest absolute Gasteiger partial charge is 0.445 e. The van der Waals surface area contributed by atoms with Crippen LogP contribution in [0.25, 0.3) is 0 Å². The van der Waals surface area contributed by atoms with Crippen molar-refractivity contribution < 1.29 is 33.5 Å². The Morgan fingerprint density at radius 3 is 2.29 bits per heavy atom. The molecule has 0 fully saturated rings. The predicted octanol–water partition coefficient (Wildman–Crippen LogP) is 0.297. The number of ether oxygens (including phenoxy) is 1. The molecule has 0 saturated heterocycles. The molecule has 216 valence electrons. The number of nitrogens with two attached hydrogens (primary N) is 1. The highest BCUT2D eigenvalue weighted by Gasteiger charge is 2.26. The molecule has 13 heteroatoms. The van der Waals surface area contributed by atoms with Gasteiger partial charge in [0.15, 0.2) is 0 Å². The molecule has 0 radical (unpaired) electrons. The molecular weight excluding hydrogens is 532 g/mol. The number of anilines is 1. The molecule has 1 aliphatic heterocycles. The van der Waals surface area contributed by atoms with E-state index in [0.717, 1.165) is 29.0 Å². The van der Waals surface area contributed by atoms with Gasteiger partial charge in [-0.05, 0) is 37.5 Å². The Bertz CT molecular complexity index is 1330. The zero-order valence-corrected chi connectivity index (χ0v) is 22.7. The van der Waals surface area contributed by atoms with E-state index in [1.165, 1.54) is 18.7 Å². The van der Waals surface area contributed by atoms with Crippen molar-refractivity contribution in [2.75, 3.05) is 18.0 Å². The van der Waals surface area contributed by atoms with E-state index in [1.54, 1.807) is 36.4 Å². The molecule has 3 rings (SSSR count). The van der Waals surface area contributed by atoms with Crippen molar-refractivity contribution >= 4 is 41.3 Å². The average Bonchev–Trinajstić information content (AvgIpc) is 3.38. The molecule has 0 saturated carbocycles. The second-order valence-corrected chi connectivity index (χ2v) is 9.23. The quantitative estimate of drug-likeness (QED) is 0.236. The summed E-state index contributed by atoms with van der Waals surface area (Å²) >= 11 is 0. The van der Waals surface area contributed by atoms with Crippen LogP contribution >= 0.6 is 0 Å². The number of fused-ring (bicyclic) bond motifs is 1. The standard InChI is InChI=1S/C28H32N6O7/c1-18(31-28(40)41-17-20-8-4-3-5-9-20)26(38)30-19(2)27(39)32-34(16-23(29)35)25(37)13-12-24(36)33-15-14-21-10-6-7-11-22(21)33/h3-13,18-19H,14-17H2,1-2H3,(H2,29,35)(H,30,38)(H,31,40)(H,32,39)/b13-12+/t18-,19-/m0/s1. The maximum Gasteiger partial charge on any atom is 0.408 e. The van der Waals surface area contributed by atoms with Gasteiger partial charge in [0.25, 0.3) is 17.7 Å². The SMILES string of the molecule is C[C@H](NC(=O)OCc1ccccc1)C(=O)N[C@@H](C)C(=O)NN(CC(N)=O)C(=O)/C=C/C(=O)N1CCc2ccccc21. The van der Waals surface area contributed by atoms with E-state index in [-0.39, 0.29) is 6.61 Å². The Balaban J connectivity index is 1.51. The Morgan fingerprint density at radius 2 is 1.59 bits per heavy atom. The van der Waals surface area contributed by atoms with E-state index in [9.17, 15) is 28.8 Å². The number of nitrogens with zero attached hydrogens (tertiary/aromatic N) is 2. The molecule has 1 heterocycles. The van der Waals surface area contributed by atoms with Gasteiger partial charge in [-0.1, -0.05) is 48.5 Å². The van der Waals surface area contributed by atoms with Crippen LogP contribution in [0, 0.1) is 0 Å². The molecule has 6 amide bonds. The van der Waals surface area contributed by atoms with Crippen molar-refractivity contribution in [2.24, 2.45) is 5.73 Å². The summed E-state index contributed by atoms with van der Waals surface area (Å²) < 4.78 is 5.08. The Labute approximate surface area is 236 Å². The van der Waals surface area contributed by atoms with Crippen molar-refractivity contribution in [1.29, 1.82) is 0 Å². The summed E-state index contributed by atoms with van der Waals surface area (Å²) in [5.74, 6) is -3.80. The van der Waals surface area contributed by atoms with Crippen LogP contribution in [-0.4, -0.2) is 65.8 Å². The smallest absolute Gasteiger partial charge is 0.408 e. The van der Waals surface area contributed by atoms with Gasteiger partial charge < -0.3 is 26.0 Å². The minimum atomic E-state index is -1.18. The number of alkyl carbamates (subject to hydrolysis) is 1. The number of hydrogen-bond donors (Lipinski definition) is 4. The molecule has 0 spiro atoms. The normalized spacial score (nSPS) is 13.5. The van der Waals surface area contributed by atoms with Gasteiger partial charge in [0.2, 0.25) is 11.8 Å². The summed E-state index contributed by atoms with van der Waals surface area (Å²) in [5.41, 5.74) is 9.95. The van der Waals surface area contributed by atoms with E-state index in [1.807, 2.05) is 18.2 Å². The summed E-state index contributed by atoms with van der Waals surface area (Å²) in [6.45, 7) is 2.52. The van der Waals surface area contributed by atoms with Crippen molar-refractivity contribution in [1.82, 2.24) is 21.1 Å². The predicted molar refractivity (Wildman–Crippen MR) is 148 cm³/mol. The van der Waals surface area contributed by atoms with E-state index in [2.05, 4.69) is 16.1 Å². The average molecular weight is 565 g/mol. The molecule has 2 aromatic rings. The van der Waals surface area contributed by atoms with Crippen LogP contribution in [0.15, 0.2) is 66.7 Å². The van der Waals surface area contributed by atoms with Crippen LogP contribution in [0.4, 0.5) is 10.5 Å². The minimum Gasteiger partial charge on any atom is -0.445 e. The first-order valence-corrected chi connectivity index (χ1v) is 12.8. The second kappa shape index (κ2) is 14.3. The fourth-order valence-corrected chi connectivity index (χ4v) is 3.86. The molecule has 0 aromatic heterocycles. The van der Waals surface area contributed by atoms with Crippen LogP contribution in [0.1, 0.15) is 25.0 Å². The van der Waals surface area contributed by atoms with Crippen molar-refractivity contribution in [3.63, 3.8) is 0 Å². The van der Waals surface area contributed by atoms with Gasteiger partial charge in [-0.25, -0.2) is 9.80 Å². The number of hydrogen-bond acceptors (Lipinski definition) is 7. The third-order valence-electron chi connectivity index (χ3n) is 6.04. The Morgan fingerprint density at radius 1 is 0.927 bits per heavy atom. The molecule has 13 nitrogen and oxygen atoms in total. The second-order valence-electron chi connectivity index (χ2n) is 9.23. The van der Waals surface area contributed by atoms with E-state index in [0.29, 0.717) is 18.0 Å². The fourth-order valence-electron chi connectivity index (χ4n) is 3.86. The monoisotopic (exact) mass is 564 g/mol. The summed E-state index contributed by atoms with van der Waals surface area (Å²) in [5, 5.41) is 5.40. The number of amides is 6. The maximum atomic E-state index is 12.7. The van der Waals surface area contributed by atoms with Gasteiger partial charge in [0.05, 0.1) is 0 Å². The zero-order valence-electron chi connectivity index (χ0n) is 22.7. The highest BCUT2D eigenvalue weighted by Crippen LogP contribution is 2.27. The lowest BCUT2D eigenvalue weighted by molar-refractivity contribution is -0.142. The summed E-state index contributed by atoms with van der Waals surface area (Å²) in [4.78, 5) is 75.6. The van der Waals surface area contributed by atoms with Crippen LogP contribution in [0.5, 0.6) is 0 Å². The Kier molecular flexibility index (Phi) is 10.6. The van der Waals surface area contributed by atoms with E-state index >= 15 is 0 Å². The fraction of sp³-hybridized carbons (Fsp3) is 0.286. The highest BCUT2D eigenvalue weighted by molar-refractivity contribution is 6.06. The number of carbonyl (C=O) groups is 6. The molecule has 5 N–H and O–H groups in total. The summed E-state index contributed by atoms with van der Waals surface area (Å²) in [6.07, 6.45) is 1.81. The Hall–Kier alpha value is -5.20. The van der Waals surface area contributed by atoms with E-state index in [4.69, 9.17) is 10.5 Å². The van der Waals surface area contributed by atoms with Crippen LogP contribution in [-0.2, 0) is 41.7 Å². The number of rotatable bonds is 10. The zero-order chi connectivity index (χ0) is 29.9. The number of para-hydroxylation sites is 1. The number of hydrazine groups is 1. The van der Waals surface area contributed by atoms with Gasteiger partial charge in [0.1, 0.15) is 25.2 Å². The molecule has 41 heavy (non-hydrogen) atoms. The number of primary amides is 1. The molecule has 0 bridgehead atoms. The van der Waals surface area contributed by atoms with Gasteiger partial charge in [-0.15, -0.1) is 0 Å². The number of carbonyl (C=O) groups excluding carboxylic acids is 6. The van der Waals surface area contributed by atoms with Crippen molar-refractivity contribution in [3.8, 4) is 0 Å². The topological polar surface area (TPSA) is 180 Å². The van der Waals surface area contributed by atoms with Crippen molar-refractivity contribution in [3.05, 3.63) is 77.9 Å². The van der Waals surface area contributed by atoms with Crippen LogP contribution < -0.4 is 26.7 Å². The maximum absolute atomic E-state index is 12.7. The third kappa shape index (κ3) is 8.92. The molecular formula is C28H32N6O7. The van der Waals surface area contributed by atoms with Gasteiger partial charge in [0, 0.05) is 24.4 Å².